The first-order valence-corrected chi connectivity index (χ1v) is 6.14. The summed E-state index contributed by atoms with van der Waals surface area (Å²) in [5.41, 5.74) is 0. The fourth-order valence-corrected chi connectivity index (χ4v) is 1.61. The van der Waals surface area contributed by atoms with Crippen molar-refractivity contribution in [1.82, 2.24) is 10.6 Å². The molecule has 0 saturated heterocycles. The maximum Gasteiger partial charge on any atom is 0.191 e. The van der Waals surface area contributed by atoms with Crippen molar-refractivity contribution < 1.29 is 4.74 Å². The van der Waals surface area contributed by atoms with Gasteiger partial charge in [0.25, 0.3) is 0 Å². The zero-order chi connectivity index (χ0) is 11.6. The van der Waals surface area contributed by atoms with Crippen molar-refractivity contribution in [2.24, 2.45) is 4.99 Å². The molecule has 5 heteroatoms. The number of nitrogens with zero attached hydrogens (tertiary/aromatic N) is 1. The molecule has 0 radical (unpaired) electrons. The average molecular weight is 353 g/mol. The number of ether oxygens (including phenoxy) is 1. The molecule has 0 atom stereocenters. The lowest BCUT2D eigenvalue weighted by Crippen LogP contribution is -2.42. The maximum absolute atomic E-state index is 5.26. The standard InChI is InChI=1S/C12H23N3O.HI/c1-3-13-12(14-9-10-16-4-2)15-11-7-5-6-8-11;/h5-6,11H,3-4,7-10H2,1-2H3,(H2,13,14,15);1H. The monoisotopic (exact) mass is 353 g/mol. The lowest BCUT2D eigenvalue weighted by Gasteiger charge is -2.16. The van der Waals surface area contributed by atoms with Gasteiger partial charge in [0, 0.05) is 19.2 Å². The molecule has 2 N–H and O–H groups in total. The minimum absolute atomic E-state index is 0. The van der Waals surface area contributed by atoms with Crippen LogP contribution in [0.4, 0.5) is 0 Å². The van der Waals surface area contributed by atoms with Crippen LogP contribution in [0.5, 0.6) is 0 Å². The van der Waals surface area contributed by atoms with E-state index in [0.717, 1.165) is 32.0 Å². The Bertz CT molecular complexity index is 236. The van der Waals surface area contributed by atoms with Crippen LogP contribution >= 0.6 is 24.0 Å². The van der Waals surface area contributed by atoms with E-state index in [9.17, 15) is 0 Å². The number of nitrogens with one attached hydrogen (secondary N) is 2. The minimum Gasteiger partial charge on any atom is -0.380 e. The third-order valence-electron chi connectivity index (χ3n) is 2.40. The number of aliphatic imine (C=N–C) groups is 1. The number of rotatable bonds is 6. The zero-order valence-corrected chi connectivity index (χ0v) is 13.1. The van der Waals surface area contributed by atoms with Gasteiger partial charge in [0.05, 0.1) is 13.2 Å². The first kappa shape index (κ1) is 16.7. The highest BCUT2D eigenvalue weighted by atomic mass is 127. The highest BCUT2D eigenvalue weighted by Gasteiger charge is 2.10. The van der Waals surface area contributed by atoms with Crippen molar-refractivity contribution >= 4 is 29.9 Å². The summed E-state index contributed by atoms with van der Waals surface area (Å²) in [7, 11) is 0. The summed E-state index contributed by atoms with van der Waals surface area (Å²) in [6.07, 6.45) is 6.61. The van der Waals surface area contributed by atoms with Crippen molar-refractivity contribution in [3.05, 3.63) is 12.2 Å². The lowest BCUT2D eigenvalue weighted by molar-refractivity contribution is 0.155. The SMILES string of the molecule is CCNC(=NCCOCC)NC1CC=CC1.I. The Morgan fingerprint density at radius 1 is 1.35 bits per heavy atom. The first-order chi connectivity index (χ1) is 7.86. The second-order valence-electron chi connectivity index (χ2n) is 3.74. The van der Waals surface area contributed by atoms with Gasteiger partial charge in [-0.1, -0.05) is 12.2 Å². The Kier molecular flexibility index (Phi) is 10.6. The van der Waals surface area contributed by atoms with Crippen LogP contribution in [-0.4, -0.2) is 38.3 Å². The van der Waals surface area contributed by atoms with Gasteiger partial charge in [0.15, 0.2) is 5.96 Å². The summed E-state index contributed by atoms with van der Waals surface area (Å²) >= 11 is 0. The molecule has 0 heterocycles. The van der Waals surface area contributed by atoms with Gasteiger partial charge in [0.1, 0.15) is 0 Å². The third-order valence-corrected chi connectivity index (χ3v) is 2.40. The number of hydrogen-bond acceptors (Lipinski definition) is 2. The Labute approximate surface area is 121 Å². The maximum atomic E-state index is 5.26. The number of guanidine groups is 1. The average Bonchev–Trinajstić information content (AvgIpc) is 2.77. The predicted octanol–water partition coefficient (Wildman–Crippen LogP) is 1.91. The third kappa shape index (κ3) is 7.59. The van der Waals surface area contributed by atoms with Crippen LogP contribution < -0.4 is 10.6 Å². The lowest BCUT2D eigenvalue weighted by atomic mass is 10.2. The van der Waals surface area contributed by atoms with Crippen molar-refractivity contribution in [2.45, 2.75) is 32.7 Å². The second-order valence-corrected chi connectivity index (χ2v) is 3.74. The van der Waals surface area contributed by atoms with Crippen molar-refractivity contribution in [1.29, 1.82) is 0 Å². The van der Waals surface area contributed by atoms with E-state index in [4.69, 9.17) is 4.74 Å². The molecule has 1 aliphatic rings. The summed E-state index contributed by atoms with van der Waals surface area (Å²) in [5, 5.41) is 6.66. The molecule has 1 aliphatic carbocycles. The van der Waals surface area contributed by atoms with Crippen LogP contribution in [0.3, 0.4) is 0 Å². The molecule has 1 rings (SSSR count). The summed E-state index contributed by atoms with van der Waals surface area (Å²) in [5.74, 6) is 0.899. The molecule has 0 fully saturated rings. The molecule has 17 heavy (non-hydrogen) atoms. The molecule has 0 unspecified atom stereocenters. The second kappa shape index (κ2) is 10.8. The van der Waals surface area contributed by atoms with Crippen LogP contribution in [0.25, 0.3) is 0 Å². The van der Waals surface area contributed by atoms with E-state index in [1.165, 1.54) is 0 Å². The van der Waals surface area contributed by atoms with Gasteiger partial charge in [0.2, 0.25) is 0 Å². The zero-order valence-electron chi connectivity index (χ0n) is 10.7. The van der Waals surface area contributed by atoms with E-state index in [-0.39, 0.29) is 24.0 Å². The Hall–Kier alpha value is -0.300. The molecule has 0 amide bonds. The molecule has 100 valence electrons. The van der Waals surface area contributed by atoms with E-state index >= 15 is 0 Å². The molecular formula is C12H24IN3O. The van der Waals surface area contributed by atoms with Gasteiger partial charge >= 0.3 is 0 Å². The van der Waals surface area contributed by atoms with Crippen LogP contribution in [0.1, 0.15) is 26.7 Å². The highest BCUT2D eigenvalue weighted by Crippen LogP contribution is 2.08. The van der Waals surface area contributed by atoms with Gasteiger partial charge in [-0.25, -0.2) is 0 Å². The molecule has 0 aromatic heterocycles. The van der Waals surface area contributed by atoms with Crippen LogP contribution in [0.15, 0.2) is 17.1 Å². The summed E-state index contributed by atoms with van der Waals surface area (Å²) < 4.78 is 5.26. The summed E-state index contributed by atoms with van der Waals surface area (Å²) in [6, 6.07) is 0.505. The minimum atomic E-state index is 0. The number of halogens is 1. The molecule has 0 aliphatic heterocycles. The topological polar surface area (TPSA) is 45.7 Å². The Balaban J connectivity index is 0.00000256. The predicted molar refractivity (Wildman–Crippen MR) is 83.2 cm³/mol. The van der Waals surface area contributed by atoms with Gasteiger partial charge in [-0.05, 0) is 26.7 Å². The Morgan fingerprint density at radius 2 is 2.06 bits per heavy atom. The molecule has 0 saturated carbocycles. The van der Waals surface area contributed by atoms with E-state index in [2.05, 4.69) is 34.7 Å². The Morgan fingerprint density at radius 3 is 2.65 bits per heavy atom. The molecule has 0 aromatic rings. The van der Waals surface area contributed by atoms with Gasteiger partial charge < -0.3 is 15.4 Å². The fourth-order valence-electron chi connectivity index (χ4n) is 1.61. The molecule has 0 spiro atoms. The van der Waals surface area contributed by atoms with Gasteiger partial charge in [-0.2, -0.15) is 0 Å². The van der Waals surface area contributed by atoms with Crippen LogP contribution in [0.2, 0.25) is 0 Å². The molecule has 4 nitrogen and oxygen atoms in total. The summed E-state index contributed by atoms with van der Waals surface area (Å²) in [4.78, 5) is 4.46. The van der Waals surface area contributed by atoms with Gasteiger partial charge in [-0.3, -0.25) is 4.99 Å². The van der Waals surface area contributed by atoms with Crippen LogP contribution in [0, 0.1) is 0 Å². The van der Waals surface area contributed by atoms with Gasteiger partial charge in [-0.15, -0.1) is 24.0 Å². The fraction of sp³-hybridized carbons (Fsp3) is 0.750. The molecule has 0 aromatic carbocycles. The highest BCUT2D eigenvalue weighted by molar-refractivity contribution is 14.0. The number of hydrogen-bond donors (Lipinski definition) is 2. The normalized spacial score (nSPS) is 15.8. The van der Waals surface area contributed by atoms with Crippen LogP contribution in [-0.2, 0) is 4.74 Å². The van der Waals surface area contributed by atoms with E-state index in [1.807, 2.05) is 6.92 Å². The van der Waals surface area contributed by atoms with E-state index in [0.29, 0.717) is 19.2 Å². The van der Waals surface area contributed by atoms with Crippen molar-refractivity contribution in [3.63, 3.8) is 0 Å². The molecule has 0 bridgehead atoms. The first-order valence-electron chi connectivity index (χ1n) is 6.14. The molecular weight excluding hydrogens is 329 g/mol. The van der Waals surface area contributed by atoms with E-state index in [1.54, 1.807) is 0 Å². The quantitative estimate of drug-likeness (QED) is 0.252. The van der Waals surface area contributed by atoms with E-state index < -0.39 is 0 Å². The summed E-state index contributed by atoms with van der Waals surface area (Å²) in [6.45, 7) is 7.12. The smallest absolute Gasteiger partial charge is 0.191 e. The van der Waals surface area contributed by atoms with Crippen molar-refractivity contribution in [2.75, 3.05) is 26.3 Å². The largest absolute Gasteiger partial charge is 0.380 e. The van der Waals surface area contributed by atoms with Crippen molar-refractivity contribution in [3.8, 4) is 0 Å².